The topological polar surface area (TPSA) is 61.2 Å². The maximum Gasteiger partial charge on any atom is 0.326 e. The lowest BCUT2D eigenvalue weighted by Gasteiger charge is -2.10. The SMILES string of the molecule is CCOC(=O)Cn1c(=O)c(C)nc2cc(Br)ccc21. The van der Waals surface area contributed by atoms with Gasteiger partial charge >= 0.3 is 5.97 Å². The zero-order chi connectivity index (χ0) is 14.0. The maximum atomic E-state index is 12.1. The van der Waals surface area contributed by atoms with Crippen molar-refractivity contribution in [1.29, 1.82) is 0 Å². The highest BCUT2D eigenvalue weighted by molar-refractivity contribution is 9.10. The first-order chi connectivity index (χ1) is 9.02. The van der Waals surface area contributed by atoms with E-state index in [-0.39, 0.29) is 12.1 Å². The van der Waals surface area contributed by atoms with E-state index in [2.05, 4.69) is 20.9 Å². The zero-order valence-electron chi connectivity index (χ0n) is 10.6. The van der Waals surface area contributed by atoms with Crippen molar-refractivity contribution in [1.82, 2.24) is 9.55 Å². The van der Waals surface area contributed by atoms with Crippen LogP contribution in [0.25, 0.3) is 11.0 Å². The number of benzene rings is 1. The van der Waals surface area contributed by atoms with E-state index in [9.17, 15) is 9.59 Å². The number of ether oxygens (including phenoxy) is 1. The van der Waals surface area contributed by atoms with Crippen LogP contribution in [0, 0.1) is 6.92 Å². The average Bonchev–Trinajstić information content (AvgIpc) is 2.35. The molecule has 0 atom stereocenters. The number of hydrogen-bond donors (Lipinski definition) is 0. The van der Waals surface area contributed by atoms with Crippen LogP contribution in [-0.2, 0) is 16.1 Å². The molecule has 0 unspecified atom stereocenters. The lowest BCUT2D eigenvalue weighted by Crippen LogP contribution is -2.28. The van der Waals surface area contributed by atoms with Gasteiger partial charge in [0.05, 0.1) is 17.6 Å². The molecule has 0 bridgehead atoms. The van der Waals surface area contributed by atoms with Gasteiger partial charge in [0, 0.05) is 4.47 Å². The Hall–Kier alpha value is -1.69. The van der Waals surface area contributed by atoms with Gasteiger partial charge in [-0.25, -0.2) is 4.98 Å². The van der Waals surface area contributed by atoms with Crippen LogP contribution in [0.2, 0.25) is 0 Å². The van der Waals surface area contributed by atoms with E-state index < -0.39 is 5.97 Å². The molecule has 5 nitrogen and oxygen atoms in total. The van der Waals surface area contributed by atoms with Crippen LogP contribution in [0.3, 0.4) is 0 Å². The second-order valence-corrected chi connectivity index (χ2v) is 4.94. The minimum Gasteiger partial charge on any atom is -0.465 e. The molecular formula is C13H13BrN2O3. The molecule has 0 aliphatic carbocycles. The summed E-state index contributed by atoms with van der Waals surface area (Å²) in [5, 5.41) is 0. The molecule has 0 spiro atoms. The Morgan fingerprint density at radius 1 is 1.47 bits per heavy atom. The van der Waals surface area contributed by atoms with E-state index in [4.69, 9.17) is 4.74 Å². The molecule has 0 fully saturated rings. The summed E-state index contributed by atoms with van der Waals surface area (Å²) in [4.78, 5) is 27.9. The molecule has 0 amide bonds. The van der Waals surface area contributed by atoms with Gasteiger partial charge in [-0.1, -0.05) is 15.9 Å². The van der Waals surface area contributed by atoms with Crippen LogP contribution in [0.4, 0.5) is 0 Å². The summed E-state index contributed by atoms with van der Waals surface area (Å²) in [5.74, 6) is -0.431. The average molecular weight is 325 g/mol. The normalized spacial score (nSPS) is 10.7. The highest BCUT2D eigenvalue weighted by Gasteiger charge is 2.12. The summed E-state index contributed by atoms with van der Waals surface area (Å²) in [5.41, 5.74) is 1.36. The Balaban J connectivity index is 2.60. The van der Waals surface area contributed by atoms with E-state index in [1.54, 1.807) is 26.0 Å². The minimum absolute atomic E-state index is 0.103. The number of esters is 1. The monoisotopic (exact) mass is 324 g/mol. The standard InChI is InChI=1S/C13H13BrN2O3/c1-3-19-12(17)7-16-11-5-4-9(14)6-10(11)15-8(2)13(16)18/h4-6H,3,7H2,1-2H3. The molecular weight excluding hydrogens is 312 g/mol. The second-order valence-electron chi connectivity index (χ2n) is 4.03. The molecule has 1 heterocycles. The predicted molar refractivity (Wildman–Crippen MR) is 75.1 cm³/mol. The molecule has 1 aromatic carbocycles. The maximum absolute atomic E-state index is 12.1. The van der Waals surface area contributed by atoms with Gasteiger partial charge in [-0.3, -0.25) is 14.2 Å². The molecule has 0 N–H and O–H groups in total. The first-order valence-corrected chi connectivity index (χ1v) is 6.64. The number of aryl methyl sites for hydroxylation is 1. The summed E-state index contributed by atoms with van der Waals surface area (Å²) in [6.45, 7) is 3.55. The van der Waals surface area contributed by atoms with Crippen LogP contribution in [-0.4, -0.2) is 22.1 Å². The summed E-state index contributed by atoms with van der Waals surface area (Å²) >= 11 is 3.36. The number of carbonyl (C=O) groups excluding carboxylic acids is 1. The van der Waals surface area contributed by atoms with Gasteiger partial charge in [0.2, 0.25) is 0 Å². The first kappa shape index (κ1) is 13.7. The molecule has 2 rings (SSSR count). The van der Waals surface area contributed by atoms with E-state index in [1.807, 2.05) is 6.07 Å². The second kappa shape index (κ2) is 5.52. The largest absolute Gasteiger partial charge is 0.465 e. The van der Waals surface area contributed by atoms with Crippen molar-refractivity contribution in [3.8, 4) is 0 Å². The molecule has 100 valence electrons. The molecule has 0 saturated carbocycles. The third kappa shape index (κ3) is 2.84. The van der Waals surface area contributed by atoms with Crippen LogP contribution in [0.1, 0.15) is 12.6 Å². The first-order valence-electron chi connectivity index (χ1n) is 5.85. The van der Waals surface area contributed by atoms with Gasteiger partial charge in [0.25, 0.3) is 5.56 Å². The van der Waals surface area contributed by atoms with Crippen molar-refractivity contribution in [3.05, 3.63) is 38.7 Å². The van der Waals surface area contributed by atoms with Gasteiger partial charge < -0.3 is 4.74 Å². The number of nitrogens with zero attached hydrogens (tertiary/aromatic N) is 2. The highest BCUT2D eigenvalue weighted by Crippen LogP contribution is 2.17. The number of aromatic nitrogens is 2. The van der Waals surface area contributed by atoms with E-state index in [0.29, 0.717) is 23.3 Å². The molecule has 1 aromatic heterocycles. The molecule has 6 heteroatoms. The van der Waals surface area contributed by atoms with Crippen molar-refractivity contribution in [2.45, 2.75) is 20.4 Å². The van der Waals surface area contributed by atoms with E-state index >= 15 is 0 Å². The Morgan fingerprint density at radius 2 is 2.21 bits per heavy atom. The van der Waals surface area contributed by atoms with E-state index in [0.717, 1.165) is 4.47 Å². The number of hydrogen-bond acceptors (Lipinski definition) is 4. The number of halogens is 1. The Labute approximate surface area is 118 Å². The summed E-state index contributed by atoms with van der Waals surface area (Å²) in [7, 11) is 0. The van der Waals surface area contributed by atoms with E-state index in [1.165, 1.54) is 4.57 Å². The molecule has 19 heavy (non-hydrogen) atoms. The van der Waals surface area contributed by atoms with Gasteiger partial charge in [0.1, 0.15) is 12.2 Å². The molecule has 0 saturated heterocycles. The van der Waals surface area contributed by atoms with Gasteiger partial charge in [-0.2, -0.15) is 0 Å². The third-order valence-corrected chi connectivity index (χ3v) is 3.16. The fourth-order valence-corrected chi connectivity index (χ4v) is 2.19. The fourth-order valence-electron chi connectivity index (χ4n) is 1.84. The zero-order valence-corrected chi connectivity index (χ0v) is 12.2. The highest BCUT2D eigenvalue weighted by atomic mass is 79.9. The van der Waals surface area contributed by atoms with Crippen molar-refractivity contribution in [2.24, 2.45) is 0 Å². The Morgan fingerprint density at radius 3 is 2.89 bits per heavy atom. The van der Waals surface area contributed by atoms with Crippen molar-refractivity contribution >= 4 is 32.9 Å². The van der Waals surface area contributed by atoms with Gasteiger partial charge in [0.15, 0.2) is 0 Å². The smallest absolute Gasteiger partial charge is 0.326 e. The molecule has 0 radical (unpaired) electrons. The van der Waals surface area contributed by atoms with Crippen molar-refractivity contribution < 1.29 is 9.53 Å². The number of rotatable bonds is 3. The Bertz CT molecular complexity index is 694. The van der Waals surface area contributed by atoms with Crippen LogP contribution < -0.4 is 5.56 Å². The summed E-state index contributed by atoms with van der Waals surface area (Å²) in [6, 6.07) is 5.37. The lowest BCUT2D eigenvalue weighted by atomic mass is 10.2. The lowest BCUT2D eigenvalue weighted by molar-refractivity contribution is -0.143. The predicted octanol–water partition coefficient (Wildman–Crippen LogP) is 2.03. The minimum atomic E-state index is -0.431. The molecule has 0 aliphatic rings. The summed E-state index contributed by atoms with van der Waals surface area (Å²) in [6.07, 6.45) is 0. The van der Waals surface area contributed by atoms with Crippen LogP contribution >= 0.6 is 15.9 Å². The summed E-state index contributed by atoms with van der Waals surface area (Å²) < 4.78 is 7.14. The molecule has 0 aliphatic heterocycles. The van der Waals surface area contributed by atoms with Crippen LogP contribution in [0.15, 0.2) is 27.5 Å². The van der Waals surface area contributed by atoms with Gasteiger partial charge in [-0.15, -0.1) is 0 Å². The third-order valence-electron chi connectivity index (χ3n) is 2.66. The van der Waals surface area contributed by atoms with Gasteiger partial charge in [-0.05, 0) is 32.0 Å². The Kier molecular flexibility index (Phi) is 3.99. The van der Waals surface area contributed by atoms with Crippen molar-refractivity contribution in [3.63, 3.8) is 0 Å². The number of fused-ring (bicyclic) bond motifs is 1. The molecule has 2 aromatic rings. The fraction of sp³-hybridized carbons (Fsp3) is 0.308. The van der Waals surface area contributed by atoms with Crippen molar-refractivity contribution in [2.75, 3.05) is 6.61 Å². The quantitative estimate of drug-likeness (QED) is 0.810. The number of carbonyl (C=O) groups is 1. The van der Waals surface area contributed by atoms with Crippen LogP contribution in [0.5, 0.6) is 0 Å².